The van der Waals surface area contributed by atoms with Crippen LogP contribution in [0.3, 0.4) is 0 Å². The van der Waals surface area contributed by atoms with E-state index in [1.54, 1.807) is 0 Å². The molecule has 0 saturated heterocycles. The van der Waals surface area contributed by atoms with Crippen LogP contribution in [0, 0.1) is 6.92 Å². The molecule has 0 bridgehead atoms. The standard InChI is InChI=1S/C24H20N.ClH/c1-19-17-18-25(22-15-9-4-10-16-22)24(21-13-7-3-8-14-21)23(19)20-11-5-2-6-12-20;/h2-18H,1H3;1H/q+1;/p-1. The summed E-state index contributed by atoms with van der Waals surface area (Å²) in [5.74, 6) is 0. The average molecular weight is 358 g/mol. The average Bonchev–Trinajstić information content (AvgIpc) is 2.70. The van der Waals surface area contributed by atoms with Gasteiger partial charge in [0.25, 0.3) is 0 Å². The summed E-state index contributed by atoms with van der Waals surface area (Å²) in [4.78, 5) is 0. The highest BCUT2D eigenvalue weighted by Gasteiger charge is 2.23. The van der Waals surface area contributed by atoms with Crippen molar-refractivity contribution in [1.82, 2.24) is 0 Å². The Morgan fingerprint density at radius 2 is 1.08 bits per heavy atom. The van der Waals surface area contributed by atoms with Crippen molar-refractivity contribution in [3.8, 4) is 28.1 Å². The van der Waals surface area contributed by atoms with Crippen molar-refractivity contribution in [2.75, 3.05) is 0 Å². The van der Waals surface area contributed by atoms with Crippen LogP contribution in [-0.4, -0.2) is 0 Å². The molecule has 0 spiro atoms. The molecule has 4 aromatic rings. The maximum atomic E-state index is 2.28. The van der Waals surface area contributed by atoms with Crippen LogP contribution < -0.4 is 17.0 Å². The summed E-state index contributed by atoms with van der Waals surface area (Å²) < 4.78 is 2.28. The number of pyridine rings is 1. The smallest absolute Gasteiger partial charge is 0.226 e. The normalized spacial score (nSPS) is 10.2. The van der Waals surface area contributed by atoms with E-state index in [0.717, 1.165) is 0 Å². The van der Waals surface area contributed by atoms with E-state index in [0.29, 0.717) is 0 Å². The van der Waals surface area contributed by atoms with Gasteiger partial charge in [-0.3, -0.25) is 0 Å². The second kappa shape index (κ2) is 7.99. The van der Waals surface area contributed by atoms with Gasteiger partial charge < -0.3 is 12.4 Å². The van der Waals surface area contributed by atoms with Crippen LogP contribution in [0.1, 0.15) is 5.56 Å². The number of nitrogens with zero attached hydrogens (tertiary/aromatic N) is 1. The van der Waals surface area contributed by atoms with Gasteiger partial charge in [0, 0.05) is 23.8 Å². The van der Waals surface area contributed by atoms with E-state index >= 15 is 0 Å². The first-order chi connectivity index (χ1) is 12.3. The van der Waals surface area contributed by atoms with Crippen LogP contribution in [0.25, 0.3) is 28.1 Å². The van der Waals surface area contributed by atoms with Crippen molar-refractivity contribution in [3.63, 3.8) is 0 Å². The minimum absolute atomic E-state index is 0. The molecular weight excluding hydrogens is 338 g/mol. The number of rotatable bonds is 3. The highest BCUT2D eigenvalue weighted by molar-refractivity contribution is 5.81. The highest BCUT2D eigenvalue weighted by atomic mass is 35.5. The minimum atomic E-state index is 0. The Balaban J connectivity index is 0.00000196. The molecule has 26 heavy (non-hydrogen) atoms. The molecule has 0 radical (unpaired) electrons. The van der Waals surface area contributed by atoms with Crippen LogP contribution >= 0.6 is 0 Å². The molecule has 1 aromatic heterocycles. The first-order valence-electron chi connectivity index (χ1n) is 8.56. The number of aromatic nitrogens is 1. The lowest BCUT2D eigenvalue weighted by Gasteiger charge is -2.12. The number of aryl methyl sites for hydroxylation is 1. The molecule has 0 aliphatic heterocycles. The number of para-hydroxylation sites is 1. The zero-order valence-corrected chi connectivity index (χ0v) is 15.4. The third-order valence-corrected chi connectivity index (χ3v) is 4.49. The lowest BCUT2D eigenvalue weighted by molar-refractivity contribution is -0.583. The van der Waals surface area contributed by atoms with Crippen molar-refractivity contribution < 1.29 is 17.0 Å². The molecule has 0 N–H and O–H groups in total. The van der Waals surface area contributed by atoms with Crippen molar-refractivity contribution in [2.24, 2.45) is 0 Å². The van der Waals surface area contributed by atoms with E-state index < -0.39 is 0 Å². The van der Waals surface area contributed by atoms with Crippen LogP contribution in [-0.2, 0) is 0 Å². The second-order valence-corrected chi connectivity index (χ2v) is 6.16. The maximum Gasteiger partial charge on any atom is 0.226 e. The lowest BCUT2D eigenvalue weighted by atomic mass is 9.94. The number of hydrogen-bond donors (Lipinski definition) is 0. The van der Waals surface area contributed by atoms with Gasteiger partial charge in [0.05, 0.1) is 5.56 Å². The van der Waals surface area contributed by atoms with Crippen molar-refractivity contribution in [3.05, 3.63) is 109 Å². The fourth-order valence-electron chi connectivity index (χ4n) is 3.30. The minimum Gasteiger partial charge on any atom is -1.00 e. The molecule has 1 nitrogen and oxygen atoms in total. The highest BCUT2D eigenvalue weighted by Crippen LogP contribution is 2.32. The van der Waals surface area contributed by atoms with Crippen LogP contribution in [0.5, 0.6) is 0 Å². The number of halogens is 1. The molecule has 0 unspecified atom stereocenters. The quantitative estimate of drug-likeness (QED) is 0.496. The molecule has 2 heteroatoms. The molecule has 0 saturated carbocycles. The third-order valence-electron chi connectivity index (χ3n) is 4.49. The van der Waals surface area contributed by atoms with Crippen molar-refractivity contribution >= 4 is 0 Å². The van der Waals surface area contributed by atoms with Gasteiger partial charge >= 0.3 is 0 Å². The molecule has 0 amide bonds. The van der Waals surface area contributed by atoms with Gasteiger partial charge in [-0.15, -0.1) is 0 Å². The van der Waals surface area contributed by atoms with Gasteiger partial charge in [-0.25, -0.2) is 0 Å². The van der Waals surface area contributed by atoms with Gasteiger partial charge in [-0.2, -0.15) is 4.57 Å². The molecule has 0 aliphatic carbocycles. The topological polar surface area (TPSA) is 3.88 Å². The largest absolute Gasteiger partial charge is 1.00 e. The van der Waals surface area contributed by atoms with E-state index in [9.17, 15) is 0 Å². The van der Waals surface area contributed by atoms with Gasteiger partial charge in [0.15, 0.2) is 6.20 Å². The Morgan fingerprint density at radius 1 is 0.577 bits per heavy atom. The summed E-state index contributed by atoms with van der Waals surface area (Å²) >= 11 is 0. The molecule has 0 aliphatic rings. The summed E-state index contributed by atoms with van der Waals surface area (Å²) in [5.41, 5.74) is 7.39. The van der Waals surface area contributed by atoms with E-state index in [1.165, 1.54) is 33.6 Å². The Hall–Kier alpha value is -2.90. The molecular formula is C24H20ClN. The molecule has 0 fully saturated rings. The zero-order chi connectivity index (χ0) is 17.1. The molecule has 128 valence electrons. The zero-order valence-electron chi connectivity index (χ0n) is 14.6. The predicted octanol–water partition coefficient (Wildman–Crippen LogP) is 2.61. The number of hydrogen-bond acceptors (Lipinski definition) is 0. The van der Waals surface area contributed by atoms with Gasteiger partial charge in [-0.05, 0) is 30.2 Å². The van der Waals surface area contributed by atoms with Crippen molar-refractivity contribution in [1.29, 1.82) is 0 Å². The monoisotopic (exact) mass is 357 g/mol. The van der Waals surface area contributed by atoms with Gasteiger partial charge in [-0.1, -0.05) is 66.7 Å². The van der Waals surface area contributed by atoms with E-state index in [2.05, 4.69) is 115 Å². The molecule has 4 rings (SSSR count). The van der Waals surface area contributed by atoms with Crippen LogP contribution in [0.2, 0.25) is 0 Å². The number of benzene rings is 3. The maximum absolute atomic E-state index is 2.28. The third kappa shape index (κ3) is 3.40. The Kier molecular flexibility index (Phi) is 5.50. The second-order valence-electron chi connectivity index (χ2n) is 6.16. The summed E-state index contributed by atoms with van der Waals surface area (Å²) in [6, 6.07) is 34.0. The molecule has 3 aromatic carbocycles. The summed E-state index contributed by atoms with van der Waals surface area (Å²) in [6.07, 6.45) is 2.17. The SMILES string of the molecule is Cc1cc[n+](-c2ccccc2)c(-c2ccccc2)c1-c1ccccc1.[Cl-]. The van der Waals surface area contributed by atoms with E-state index in [4.69, 9.17) is 0 Å². The fourth-order valence-corrected chi connectivity index (χ4v) is 3.30. The summed E-state index contributed by atoms with van der Waals surface area (Å²) in [7, 11) is 0. The van der Waals surface area contributed by atoms with Crippen molar-refractivity contribution in [2.45, 2.75) is 6.92 Å². The van der Waals surface area contributed by atoms with Gasteiger partial charge in [0.1, 0.15) is 0 Å². The van der Waals surface area contributed by atoms with Crippen LogP contribution in [0.15, 0.2) is 103 Å². The van der Waals surface area contributed by atoms with Gasteiger partial charge in [0.2, 0.25) is 11.4 Å². The van der Waals surface area contributed by atoms with E-state index in [-0.39, 0.29) is 12.4 Å². The lowest BCUT2D eigenvalue weighted by Crippen LogP contribution is -3.00. The molecule has 1 heterocycles. The summed E-state index contributed by atoms with van der Waals surface area (Å²) in [6.45, 7) is 2.18. The first kappa shape index (κ1) is 17.9. The Bertz CT molecular complexity index is 981. The predicted molar refractivity (Wildman–Crippen MR) is 104 cm³/mol. The van der Waals surface area contributed by atoms with Crippen LogP contribution in [0.4, 0.5) is 0 Å². The first-order valence-corrected chi connectivity index (χ1v) is 8.56. The molecule has 0 atom stereocenters. The Labute approximate surface area is 161 Å². The van der Waals surface area contributed by atoms with E-state index in [1.807, 2.05) is 0 Å². The fraction of sp³-hybridized carbons (Fsp3) is 0.0417. The Morgan fingerprint density at radius 3 is 1.65 bits per heavy atom. The summed E-state index contributed by atoms with van der Waals surface area (Å²) in [5, 5.41) is 0.